The molecule has 2 saturated heterocycles. The Balaban J connectivity index is 2.26. The second kappa shape index (κ2) is 3.31. The van der Waals surface area contributed by atoms with E-state index in [2.05, 4.69) is 0 Å². The molecule has 0 saturated carbocycles. The van der Waals surface area contributed by atoms with Crippen LogP contribution >= 0.6 is 0 Å². The molecule has 0 aliphatic carbocycles. The number of hydrogen-bond acceptors (Lipinski definition) is 5. The fourth-order valence-corrected chi connectivity index (χ4v) is 2.01. The molecule has 2 aliphatic heterocycles. The highest BCUT2D eigenvalue weighted by molar-refractivity contribution is 5.86. The summed E-state index contributed by atoms with van der Waals surface area (Å²) in [6, 6.07) is 2.00. The molecule has 2 rings (SSSR count). The lowest BCUT2D eigenvalue weighted by molar-refractivity contribution is -0.392. The van der Waals surface area contributed by atoms with E-state index < -0.39 is 11.6 Å². The van der Waals surface area contributed by atoms with Crippen molar-refractivity contribution in [3.63, 3.8) is 0 Å². The minimum Gasteiger partial charge on any atom is -0.298 e. The quantitative estimate of drug-likeness (QED) is 0.613. The minimum absolute atomic E-state index is 0.00921. The van der Waals surface area contributed by atoms with Crippen LogP contribution in [0.3, 0.4) is 0 Å². The van der Waals surface area contributed by atoms with E-state index in [1.807, 2.05) is 6.07 Å². The van der Waals surface area contributed by atoms with Crippen molar-refractivity contribution in [3.8, 4) is 6.07 Å². The Morgan fingerprint density at radius 2 is 2.50 bits per heavy atom. The predicted octanol–water partition coefficient (Wildman–Crippen LogP) is 0.569. The molecule has 2 aliphatic rings. The van der Waals surface area contributed by atoms with Gasteiger partial charge in [-0.25, -0.2) is 0 Å². The molecule has 14 heavy (non-hydrogen) atoms. The van der Waals surface area contributed by atoms with Crippen molar-refractivity contribution in [1.29, 1.82) is 5.26 Å². The molecule has 5 nitrogen and oxygen atoms in total. The molecule has 0 aromatic rings. The number of rotatable bonds is 1. The largest absolute Gasteiger partial charge is 0.298 e. The molecular weight excluding hydrogens is 184 g/mol. The van der Waals surface area contributed by atoms with Gasteiger partial charge in [0.1, 0.15) is 5.54 Å². The van der Waals surface area contributed by atoms with Crippen molar-refractivity contribution in [1.82, 2.24) is 5.23 Å². The van der Waals surface area contributed by atoms with Crippen molar-refractivity contribution in [2.45, 2.75) is 37.8 Å². The average Bonchev–Trinajstić information content (AvgIpc) is 2.57. The third-order valence-electron chi connectivity index (χ3n) is 2.84. The van der Waals surface area contributed by atoms with Crippen LogP contribution in [0.5, 0.6) is 0 Å². The van der Waals surface area contributed by atoms with Crippen molar-refractivity contribution in [2.75, 3.05) is 6.61 Å². The van der Waals surface area contributed by atoms with Crippen molar-refractivity contribution >= 4 is 5.78 Å². The van der Waals surface area contributed by atoms with Crippen molar-refractivity contribution in [3.05, 3.63) is 0 Å². The zero-order valence-electron chi connectivity index (χ0n) is 8.02. The summed E-state index contributed by atoms with van der Waals surface area (Å²) < 4.78 is 0. The Kier molecular flexibility index (Phi) is 2.27. The van der Waals surface area contributed by atoms with Crippen LogP contribution in [-0.4, -0.2) is 29.3 Å². The average molecular weight is 196 g/mol. The summed E-state index contributed by atoms with van der Waals surface area (Å²) in [5.41, 5.74) is -0.710. The van der Waals surface area contributed by atoms with Gasteiger partial charge in [-0.1, -0.05) is 5.23 Å². The second-order valence-corrected chi connectivity index (χ2v) is 3.71. The van der Waals surface area contributed by atoms with Crippen LogP contribution in [0.2, 0.25) is 0 Å². The van der Waals surface area contributed by atoms with E-state index in [9.17, 15) is 4.79 Å². The Morgan fingerprint density at radius 3 is 3.07 bits per heavy atom. The van der Waals surface area contributed by atoms with Crippen LogP contribution < -0.4 is 0 Å². The summed E-state index contributed by atoms with van der Waals surface area (Å²) in [4.78, 5) is 22.0. The summed E-state index contributed by atoms with van der Waals surface area (Å²) in [7, 11) is 0. The minimum atomic E-state index is -0.710. The van der Waals surface area contributed by atoms with Crippen LogP contribution in [0.4, 0.5) is 0 Å². The number of carbonyl (C=O) groups excluding carboxylic acids is 1. The number of nitriles is 1. The molecule has 0 N–H and O–H groups in total. The lowest BCUT2D eigenvalue weighted by Gasteiger charge is -2.36. The topological polar surface area (TPSA) is 62.6 Å². The standard InChI is InChI=1S/C9H12N2O3/c1-7(12)9-3-2-4-13-11(9)14-8(5-9)6-10/h8H,2-5H2,1H3/t8-,9+/m0/s1. The Bertz CT molecular complexity index is 299. The predicted molar refractivity (Wildman–Crippen MR) is 45.5 cm³/mol. The Morgan fingerprint density at radius 1 is 1.71 bits per heavy atom. The summed E-state index contributed by atoms with van der Waals surface area (Å²) in [6.45, 7) is 2.07. The highest BCUT2D eigenvalue weighted by Gasteiger charge is 2.53. The zero-order chi connectivity index (χ0) is 10.2. The molecule has 2 fully saturated rings. The van der Waals surface area contributed by atoms with E-state index in [1.165, 1.54) is 12.2 Å². The lowest BCUT2D eigenvalue weighted by Crippen LogP contribution is -2.51. The number of fused-ring (bicyclic) bond motifs is 1. The highest BCUT2D eigenvalue weighted by atomic mass is 17.0. The van der Waals surface area contributed by atoms with Crippen LogP contribution in [0.1, 0.15) is 26.2 Å². The summed E-state index contributed by atoms with van der Waals surface area (Å²) in [5, 5.41) is 9.98. The van der Waals surface area contributed by atoms with Gasteiger partial charge in [0, 0.05) is 6.42 Å². The number of hydrogen-bond donors (Lipinski definition) is 0. The third-order valence-corrected chi connectivity index (χ3v) is 2.84. The molecule has 0 amide bonds. The Hall–Kier alpha value is -0.960. The van der Waals surface area contributed by atoms with E-state index in [1.54, 1.807) is 0 Å². The maximum absolute atomic E-state index is 11.6. The molecule has 0 spiro atoms. The smallest absolute Gasteiger partial charge is 0.170 e. The normalized spacial score (nSPS) is 37.6. The summed E-state index contributed by atoms with van der Waals surface area (Å²) in [5.74, 6) is 0.00921. The third kappa shape index (κ3) is 1.23. The van der Waals surface area contributed by atoms with Crippen molar-refractivity contribution in [2.24, 2.45) is 0 Å². The first-order chi connectivity index (χ1) is 6.69. The molecule has 0 bridgehead atoms. The fraction of sp³-hybridized carbons (Fsp3) is 0.778. The molecule has 0 unspecified atom stereocenters. The molecule has 2 heterocycles. The number of Topliss-reactive ketones (excluding diaryl/α,β-unsaturated/α-hetero) is 1. The fourth-order valence-electron chi connectivity index (χ4n) is 2.01. The number of ketones is 1. The first-order valence-electron chi connectivity index (χ1n) is 4.69. The van der Waals surface area contributed by atoms with Gasteiger partial charge in [0.05, 0.1) is 12.7 Å². The van der Waals surface area contributed by atoms with Crippen LogP contribution in [0.25, 0.3) is 0 Å². The number of hydroxylamine groups is 2. The molecule has 5 heteroatoms. The molecule has 76 valence electrons. The van der Waals surface area contributed by atoms with E-state index in [-0.39, 0.29) is 5.78 Å². The molecule has 0 aromatic carbocycles. The zero-order valence-corrected chi connectivity index (χ0v) is 8.02. The maximum Gasteiger partial charge on any atom is 0.170 e. The number of carbonyl (C=O) groups is 1. The SMILES string of the molecule is CC(=O)[C@]12CCCON1O[C@H](C#N)C2. The van der Waals surface area contributed by atoms with Gasteiger partial charge in [0.15, 0.2) is 11.9 Å². The first kappa shape index (κ1) is 9.59. The number of nitrogens with zero attached hydrogens (tertiary/aromatic N) is 2. The van der Waals surface area contributed by atoms with E-state index in [0.29, 0.717) is 19.4 Å². The monoisotopic (exact) mass is 196 g/mol. The van der Waals surface area contributed by atoms with Crippen LogP contribution in [0.15, 0.2) is 0 Å². The highest BCUT2D eigenvalue weighted by Crippen LogP contribution is 2.39. The second-order valence-electron chi connectivity index (χ2n) is 3.71. The molecular formula is C9H12N2O3. The molecule has 2 atom stereocenters. The van der Waals surface area contributed by atoms with E-state index >= 15 is 0 Å². The van der Waals surface area contributed by atoms with Crippen LogP contribution in [-0.2, 0) is 14.5 Å². The van der Waals surface area contributed by atoms with E-state index in [4.69, 9.17) is 14.9 Å². The van der Waals surface area contributed by atoms with Gasteiger partial charge in [-0.15, -0.1) is 0 Å². The van der Waals surface area contributed by atoms with Gasteiger partial charge in [-0.2, -0.15) is 5.26 Å². The Labute approximate surface area is 82.1 Å². The van der Waals surface area contributed by atoms with Gasteiger partial charge in [0.2, 0.25) is 0 Å². The maximum atomic E-state index is 11.6. The lowest BCUT2D eigenvalue weighted by atomic mass is 9.85. The van der Waals surface area contributed by atoms with Gasteiger partial charge in [-0.05, 0) is 19.8 Å². The van der Waals surface area contributed by atoms with Gasteiger partial charge in [0.25, 0.3) is 0 Å². The summed E-state index contributed by atoms with van der Waals surface area (Å²) in [6.07, 6.45) is 1.40. The van der Waals surface area contributed by atoms with E-state index in [0.717, 1.165) is 6.42 Å². The first-order valence-corrected chi connectivity index (χ1v) is 4.69. The van der Waals surface area contributed by atoms with Gasteiger partial charge in [-0.3, -0.25) is 14.5 Å². The van der Waals surface area contributed by atoms with Gasteiger partial charge >= 0.3 is 0 Å². The van der Waals surface area contributed by atoms with Crippen molar-refractivity contribution < 1.29 is 14.5 Å². The molecule has 0 radical (unpaired) electrons. The molecule has 0 aromatic heterocycles. The van der Waals surface area contributed by atoms with Gasteiger partial charge < -0.3 is 0 Å². The summed E-state index contributed by atoms with van der Waals surface area (Å²) >= 11 is 0. The van der Waals surface area contributed by atoms with Crippen LogP contribution in [0, 0.1) is 11.3 Å².